The van der Waals surface area contributed by atoms with Crippen LogP contribution in [0, 0.1) is 28.9 Å². The SMILES string of the molecule is Cc1ccc(NC(=O)c2ccc(NCCN3C(=O)[C@@H]4CC=CC[C@H]4C3=O)c([N+](=O)[O-])c2)cc1Cl. The van der Waals surface area contributed by atoms with E-state index in [4.69, 9.17) is 11.6 Å². The van der Waals surface area contributed by atoms with Gasteiger partial charge < -0.3 is 10.6 Å². The number of imide groups is 1. The van der Waals surface area contributed by atoms with Crippen LogP contribution in [-0.2, 0) is 9.59 Å². The predicted molar refractivity (Wildman–Crippen MR) is 128 cm³/mol. The molecule has 4 rings (SSSR count). The van der Waals surface area contributed by atoms with Crippen LogP contribution in [0.2, 0.25) is 5.02 Å². The number of fused-ring (bicyclic) bond motifs is 1. The Morgan fingerprint density at radius 1 is 1.12 bits per heavy atom. The summed E-state index contributed by atoms with van der Waals surface area (Å²) in [5, 5.41) is 17.7. The van der Waals surface area contributed by atoms with E-state index in [1.165, 1.54) is 23.1 Å². The lowest BCUT2D eigenvalue weighted by Crippen LogP contribution is -2.35. The molecule has 9 nitrogen and oxygen atoms in total. The molecule has 2 aromatic rings. The van der Waals surface area contributed by atoms with Crippen molar-refractivity contribution >= 4 is 46.4 Å². The number of carbonyl (C=O) groups excluding carboxylic acids is 3. The monoisotopic (exact) mass is 482 g/mol. The van der Waals surface area contributed by atoms with E-state index in [-0.39, 0.29) is 53.7 Å². The number of nitrogens with zero attached hydrogens (tertiary/aromatic N) is 2. The van der Waals surface area contributed by atoms with Gasteiger partial charge in [-0.2, -0.15) is 0 Å². The minimum Gasteiger partial charge on any atom is -0.378 e. The number of allylic oxidation sites excluding steroid dienone is 2. The number of likely N-dealkylation sites (tertiary alicyclic amines) is 1. The Kier molecular flexibility index (Phi) is 6.65. The fourth-order valence-corrected chi connectivity index (χ4v) is 4.42. The van der Waals surface area contributed by atoms with Crippen molar-refractivity contribution in [1.29, 1.82) is 0 Å². The quantitative estimate of drug-likeness (QED) is 0.264. The first-order valence-electron chi connectivity index (χ1n) is 10.9. The molecule has 1 aliphatic carbocycles. The number of carbonyl (C=O) groups is 3. The van der Waals surface area contributed by atoms with Gasteiger partial charge in [0.1, 0.15) is 5.69 Å². The Hall–Kier alpha value is -3.72. The Labute approximate surface area is 200 Å². The third-order valence-corrected chi connectivity index (χ3v) is 6.54. The molecular formula is C24H23ClN4O5. The fourth-order valence-electron chi connectivity index (χ4n) is 4.24. The van der Waals surface area contributed by atoms with Gasteiger partial charge in [-0.05, 0) is 49.6 Å². The molecule has 0 radical (unpaired) electrons. The number of nitro groups is 1. The van der Waals surface area contributed by atoms with Crippen molar-refractivity contribution in [3.8, 4) is 0 Å². The molecule has 1 saturated heterocycles. The number of nitrogens with one attached hydrogen (secondary N) is 2. The molecule has 2 aromatic carbocycles. The van der Waals surface area contributed by atoms with Gasteiger partial charge in [0, 0.05) is 35.4 Å². The average molecular weight is 483 g/mol. The van der Waals surface area contributed by atoms with Crippen LogP contribution < -0.4 is 10.6 Å². The van der Waals surface area contributed by atoms with E-state index in [1.807, 2.05) is 19.1 Å². The summed E-state index contributed by atoms with van der Waals surface area (Å²) in [6.45, 7) is 2.10. The lowest BCUT2D eigenvalue weighted by molar-refractivity contribution is -0.384. The first-order valence-corrected chi connectivity index (χ1v) is 11.2. The van der Waals surface area contributed by atoms with Crippen molar-refractivity contribution in [2.75, 3.05) is 23.7 Å². The Balaban J connectivity index is 1.42. The van der Waals surface area contributed by atoms with Crippen LogP contribution in [0.4, 0.5) is 17.1 Å². The molecule has 0 saturated carbocycles. The topological polar surface area (TPSA) is 122 Å². The number of hydrogen-bond acceptors (Lipinski definition) is 6. The van der Waals surface area contributed by atoms with E-state index in [1.54, 1.807) is 18.2 Å². The zero-order valence-corrected chi connectivity index (χ0v) is 19.2. The molecule has 1 aliphatic heterocycles. The second-order valence-corrected chi connectivity index (χ2v) is 8.73. The normalized spacial score (nSPS) is 19.2. The van der Waals surface area contributed by atoms with E-state index in [9.17, 15) is 24.5 Å². The molecule has 0 spiro atoms. The fraction of sp³-hybridized carbons (Fsp3) is 0.292. The number of rotatable bonds is 7. The number of hydrogen-bond donors (Lipinski definition) is 2. The van der Waals surface area contributed by atoms with Crippen molar-refractivity contribution in [1.82, 2.24) is 4.90 Å². The summed E-state index contributed by atoms with van der Waals surface area (Å²) in [7, 11) is 0. The van der Waals surface area contributed by atoms with Crippen LogP contribution in [0.3, 0.4) is 0 Å². The van der Waals surface area contributed by atoms with Crippen molar-refractivity contribution in [3.63, 3.8) is 0 Å². The summed E-state index contributed by atoms with van der Waals surface area (Å²) in [4.78, 5) is 50.0. The first-order chi connectivity index (χ1) is 16.3. The third kappa shape index (κ3) is 4.65. The van der Waals surface area contributed by atoms with Gasteiger partial charge >= 0.3 is 0 Å². The van der Waals surface area contributed by atoms with E-state index in [0.717, 1.165) is 5.56 Å². The molecule has 10 heteroatoms. The summed E-state index contributed by atoms with van der Waals surface area (Å²) < 4.78 is 0. The van der Waals surface area contributed by atoms with Crippen LogP contribution in [0.25, 0.3) is 0 Å². The highest BCUT2D eigenvalue weighted by Crippen LogP contribution is 2.35. The van der Waals surface area contributed by atoms with Gasteiger partial charge in [0.15, 0.2) is 0 Å². The Morgan fingerprint density at radius 3 is 2.41 bits per heavy atom. The molecule has 3 amide bonds. The Bertz CT molecular complexity index is 1190. The van der Waals surface area contributed by atoms with Gasteiger partial charge in [0.25, 0.3) is 11.6 Å². The molecule has 1 fully saturated rings. The lowest BCUT2D eigenvalue weighted by Gasteiger charge is -2.16. The van der Waals surface area contributed by atoms with E-state index in [0.29, 0.717) is 23.6 Å². The molecule has 2 N–H and O–H groups in total. The van der Waals surface area contributed by atoms with Crippen LogP contribution in [-0.4, -0.2) is 40.6 Å². The minimum absolute atomic E-state index is 0.107. The van der Waals surface area contributed by atoms with Crippen LogP contribution in [0.15, 0.2) is 48.6 Å². The lowest BCUT2D eigenvalue weighted by atomic mass is 9.85. The molecule has 0 bridgehead atoms. The van der Waals surface area contributed by atoms with Gasteiger partial charge in [0.2, 0.25) is 11.8 Å². The molecule has 2 atom stereocenters. The molecule has 176 valence electrons. The van der Waals surface area contributed by atoms with Gasteiger partial charge in [0.05, 0.1) is 16.8 Å². The van der Waals surface area contributed by atoms with E-state index in [2.05, 4.69) is 10.6 Å². The van der Waals surface area contributed by atoms with Gasteiger partial charge in [-0.15, -0.1) is 0 Å². The van der Waals surface area contributed by atoms with Gasteiger partial charge in [-0.25, -0.2) is 0 Å². The van der Waals surface area contributed by atoms with Crippen LogP contribution in [0.1, 0.15) is 28.8 Å². The summed E-state index contributed by atoms with van der Waals surface area (Å²) in [6.07, 6.45) is 4.96. The third-order valence-electron chi connectivity index (χ3n) is 6.14. The summed E-state index contributed by atoms with van der Waals surface area (Å²) in [6, 6.07) is 9.14. The number of amides is 3. The zero-order chi connectivity index (χ0) is 24.4. The van der Waals surface area contributed by atoms with E-state index < -0.39 is 10.8 Å². The summed E-state index contributed by atoms with van der Waals surface area (Å²) in [5.41, 5.74) is 1.35. The van der Waals surface area contributed by atoms with E-state index >= 15 is 0 Å². The van der Waals surface area contributed by atoms with Crippen molar-refractivity contribution in [2.24, 2.45) is 11.8 Å². The van der Waals surface area contributed by atoms with Crippen LogP contribution in [0.5, 0.6) is 0 Å². The van der Waals surface area contributed by atoms with Gasteiger partial charge in [-0.1, -0.05) is 29.8 Å². The van der Waals surface area contributed by atoms with Crippen molar-refractivity contribution in [3.05, 3.63) is 74.8 Å². The van der Waals surface area contributed by atoms with Crippen molar-refractivity contribution in [2.45, 2.75) is 19.8 Å². The maximum absolute atomic E-state index is 12.6. The van der Waals surface area contributed by atoms with Crippen molar-refractivity contribution < 1.29 is 19.3 Å². The minimum atomic E-state index is -0.589. The standard InChI is InChI=1S/C24H23ClN4O5/c1-14-6-8-16(13-19(14)25)27-22(30)15-7-9-20(21(12-15)29(33)34)26-10-11-28-23(31)17-4-2-3-5-18(17)24(28)32/h2-3,6-9,12-13,17-18,26H,4-5,10-11H2,1H3,(H,27,30)/t17-,18-/m1/s1. The maximum atomic E-state index is 12.6. The smallest absolute Gasteiger partial charge is 0.293 e. The number of aryl methyl sites for hydroxylation is 1. The molecule has 34 heavy (non-hydrogen) atoms. The first kappa shape index (κ1) is 23.4. The Morgan fingerprint density at radius 2 is 1.79 bits per heavy atom. The molecule has 0 aromatic heterocycles. The maximum Gasteiger partial charge on any atom is 0.293 e. The molecular weight excluding hydrogens is 460 g/mol. The molecule has 0 unspecified atom stereocenters. The summed E-state index contributed by atoms with van der Waals surface area (Å²) >= 11 is 6.08. The highest BCUT2D eigenvalue weighted by atomic mass is 35.5. The number of nitro benzene ring substituents is 1. The number of halogens is 1. The largest absolute Gasteiger partial charge is 0.378 e. The second-order valence-electron chi connectivity index (χ2n) is 8.32. The molecule has 1 heterocycles. The predicted octanol–water partition coefficient (Wildman–Crippen LogP) is 4.17. The highest BCUT2D eigenvalue weighted by Gasteiger charge is 2.46. The van der Waals surface area contributed by atoms with Gasteiger partial charge in [-0.3, -0.25) is 29.4 Å². The second kappa shape index (κ2) is 9.64. The highest BCUT2D eigenvalue weighted by molar-refractivity contribution is 6.31. The average Bonchev–Trinajstić information content (AvgIpc) is 3.06. The van der Waals surface area contributed by atoms with Crippen LogP contribution >= 0.6 is 11.6 Å². The summed E-state index contributed by atoms with van der Waals surface area (Å²) in [5.74, 6) is -1.53. The molecule has 2 aliphatic rings. The number of benzene rings is 2. The number of anilines is 2. The zero-order valence-electron chi connectivity index (χ0n) is 18.4.